The number of anilines is 1. The average molecular weight is 598 g/mol. The Morgan fingerprint density at radius 1 is 1.09 bits per heavy atom. The van der Waals surface area contributed by atoms with Crippen LogP contribution in [0.1, 0.15) is 31.2 Å². The van der Waals surface area contributed by atoms with Gasteiger partial charge in [-0.2, -0.15) is 10.4 Å². The molecule has 0 spiro atoms. The molecule has 12 nitrogen and oxygen atoms in total. The Balaban J connectivity index is 0.965. The van der Waals surface area contributed by atoms with E-state index in [1.165, 1.54) is 0 Å². The first-order chi connectivity index (χ1) is 21.5. The minimum atomic E-state index is -0.222. The second-order valence-electron chi connectivity index (χ2n) is 13.1. The molecule has 6 aliphatic rings. The van der Waals surface area contributed by atoms with Crippen molar-refractivity contribution in [1.82, 2.24) is 34.2 Å². The van der Waals surface area contributed by atoms with Crippen molar-refractivity contribution < 1.29 is 14.6 Å². The zero-order valence-corrected chi connectivity index (χ0v) is 25.1. The minimum Gasteiger partial charge on any atom is -0.491 e. The number of piperazine rings is 2. The monoisotopic (exact) mass is 597 g/mol. The maximum absolute atomic E-state index is 13.2. The third-order valence-electron chi connectivity index (χ3n) is 10.5. The maximum atomic E-state index is 13.2. The van der Waals surface area contributed by atoms with Gasteiger partial charge in [0.05, 0.1) is 41.7 Å². The van der Waals surface area contributed by atoms with Crippen molar-refractivity contribution >= 4 is 17.4 Å². The highest BCUT2D eigenvalue weighted by Crippen LogP contribution is 2.38. The number of nitriles is 1. The summed E-state index contributed by atoms with van der Waals surface area (Å²) in [4.78, 5) is 29.1. The Hall–Kier alpha value is -3.92. The minimum absolute atomic E-state index is 0.188. The maximum Gasteiger partial charge on any atom is 0.320 e. The molecule has 0 aliphatic carbocycles. The summed E-state index contributed by atoms with van der Waals surface area (Å²) in [6.45, 7) is 6.31. The van der Waals surface area contributed by atoms with Gasteiger partial charge in [-0.15, -0.1) is 0 Å². The lowest BCUT2D eigenvalue weighted by atomic mass is 9.87. The summed E-state index contributed by atoms with van der Waals surface area (Å²) in [5.74, 6) is 1.58. The van der Waals surface area contributed by atoms with Crippen molar-refractivity contribution in [2.24, 2.45) is 0 Å². The van der Waals surface area contributed by atoms with E-state index < -0.39 is 0 Å². The van der Waals surface area contributed by atoms with E-state index in [1.807, 2.05) is 35.5 Å². The molecule has 230 valence electrons. The molecule has 9 heterocycles. The lowest BCUT2D eigenvalue weighted by Crippen LogP contribution is -2.72. The highest BCUT2D eigenvalue weighted by molar-refractivity contribution is 5.85. The van der Waals surface area contributed by atoms with Gasteiger partial charge in [-0.3, -0.25) is 4.90 Å². The summed E-state index contributed by atoms with van der Waals surface area (Å²) in [6, 6.07) is 9.67. The molecule has 3 aromatic rings. The summed E-state index contributed by atoms with van der Waals surface area (Å²) < 4.78 is 7.93. The van der Waals surface area contributed by atoms with Gasteiger partial charge in [0.15, 0.2) is 0 Å². The quantitative estimate of drug-likeness (QED) is 0.455. The fraction of sp³-hybridized carbons (Fsp3) is 0.562. The van der Waals surface area contributed by atoms with Gasteiger partial charge in [-0.05, 0) is 50.9 Å². The molecule has 44 heavy (non-hydrogen) atoms. The van der Waals surface area contributed by atoms with E-state index in [1.54, 1.807) is 10.7 Å². The Morgan fingerprint density at radius 2 is 1.91 bits per heavy atom. The van der Waals surface area contributed by atoms with E-state index in [4.69, 9.17) is 9.72 Å². The van der Waals surface area contributed by atoms with Crippen LogP contribution in [-0.2, 0) is 0 Å². The van der Waals surface area contributed by atoms with Crippen LogP contribution in [0.2, 0.25) is 0 Å². The molecule has 6 fully saturated rings. The van der Waals surface area contributed by atoms with Gasteiger partial charge in [0.1, 0.15) is 24.2 Å². The molecule has 5 unspecified atom stereocenters. The Kier molecular flexibility index (Phi) is 6.85. The summed E-state index contributed by atoms with van der Waals surface area (Å²) in [6.07, 6.45) is 9.17. The molecule has 12 heteroatoms. The molecule has 0 saturated carbocycles. The number of fused-ring (bicyclic) bond motifs is 5. The predicted octanol–water partition coefficient (Wildman–Crippen LogP) is 1.87. The van der Waals surface area contributed by atoms with Gasteiger partial charge in [0.25, 0.3) is 0 Å². The lowest BCUT2D eigenvalue weighted by Gasteiger charge is -2.57. The van der Waals surface area contributed by atoms with Crippen LogP contribution in [0.5, 0.6) is 5.75 Å². The third-order valence-corrected chi connectivity index (χ3v) is 10.5. The Morgan fingerprint density at radius 3 is 2.59 bits per heavy atom. The topological polar surface area (TPSA) is 117 Å². The van der Waals surface area contributed by atoms with E-state index >= 15 is 0 Å². The van der Waals surface area contributed by atoms with Crippen LogP contribution in [0.15, 0.2) is 36.8 Å². The summed E-state index contributed by atoms with van der Waals surface area (Å²) in [5.41, 5.74) is 2.96. The molecule has 6 saturated heterocycles. The highest BCUT2D eigenvalue weighted by atomic mass is 16.5. The first-order valence-electron chi connectivity index (χ1n) is 15.9. The molecule has 3 aromatic heterocycles. The van der Waals surface area contributed by atoms with E-state index in [-0.39, 0.29) is 30.3 Å². The number of likely N-dealkylation sites (N-methyl/N-ethyl adjacent to an activating group) is 1. The summed E-state index contributed by atoms with van der Waals surface area (Å²) >= 11 is 0. The largest absolute Gasteiger partial charge is 0.491 e. The molecule has 0 radical (unpaired) electrons. The lowest BCUT2D eigenvalue weighted by molar-refractivity contribution is 0.0126. The van der Waals surface area contributed by atoms with Crippen LogP contribution in [0.3, 0.4) is 0 Å². The van der Waals surface area contributed by atoms with Crippen LogP contribution in [0.4, 0.5) is 10.6 Å². The van der Waals surface area contributed by atoms with Crippen molar-refractivity contribution in [3.05, 3.63) is 42.4 Å². The van der Waals surface area contributed by atoms with Crippen molar-refractivity contribution in [3.8, 4) is 22.9 Å². The molecular weight excluding hydrogens is 558 g/mol. The standard InChI is InChI=1S/C32H39N9O3/c1-36-6-8-37(9-7-36)32(43)41-24-12-25(41)19-38(18-24)30-5-2-21(16-34-30)27-14-26(20-40-31(27)22(15-33)17-35-40)44-11-10-39-23-3-4-28(39)29(42)13-23/h2,5,14,16-17,20,23-25,28-29,42H,3-4,6-13,18-19H2,1H3. The van der Waals surface area contributed by atoms with Crippen molar-refractivity contribution in [1.29, 1.82) is 5.26 Å². The second kappa shape index (κ2) is 10.9. The van der Waals surface area contributed by atoms with E-state index in [0.717, 1.165) is 94.0 Å². The molecule has 5 atom stereocenters. The number of hydrogen-bond donors (Lipinski definition) is 1. The van der Waals surface area contributed by atoms with Crippen molar-refractivity contribution in [3.63, 3.8) is 0 Å². The number of aromatic nitrogens is 3. The number of aliphatic hydroxyl groups excluding tert-OH is 1. The zero-order valence-electron chi connectivity index (χ0n) is 25.1. The van der Waals surface area contributed by atoms with E-state index in [2.05, 4.69) is 37.8 Å². The Bertz CT molecular complexity index is 1580. The number of urea groups is 1. The fourth-order valence-corrected chi connectivity index (χ4v) is 8.17. The van der Waals surface area contributed by atoms with Crippen molar-refractivity contribution in [2.45, 2.75) is 56.0 Å². The number of carbonyl (C=O) groups excluding carboxylic acids is 1. The van der Waals surface area contributed by atoms with E-state index in [9.17, 15) is 15.2 Å². The fourth-order valence-electron chi connectivity index (χ4n) is 8.17. The average Bonchev–Trinajstić information content (AvgIpc) is 3.73. The Labute approximate surface area is 257 Å². The predicted molar refractivity (Wildman–Crippen MR) is 163 cm³/mol. The number of hydrogen-bond acceptors (Lipinski definition) is 9. The van der Waals surface area contributed by atoms with Gasteiger partial charge in [0, 0.05) is 75.2 Å². The van der Waals surface area contributed by atoms with Gasteiger partial charge >= 0.3 is 6.03 Å². The third kappa shape index (κ3) is 4.65. The number of pyridine rings is 2. The number of piperidine rings is 1. The molecule has 4 bridgehead atoms. The van der Waals surface area contributed by atoms with Crippen molar-refractivity contribution in [2.75, 3.05) is 64.4 Å². The van der Waals surface area contributed by atoms with Crippen LogP contribution >= 0.6 is 0 Å². The normalized spacial score (nSPS) is 28.4. The number of amides is 2. The first kappa shape index (κ1) is 27.6. The van der Waals surface area contributed by atoms with Crippen LogP contribution in [0.25, 0.3) is 16.6 Å². The van der Waals surface area contributed by atoms with Gasteiger partial charge in [-0.25, -0.2) is 14.3 Å². The van der Waals surface area contributed by atoms with E-state index in [0.29, 0.717) is 24.0 Å². The smallest absolute Gasteiger partial charge is 0.320 e. The number of aliphatic hydroxyl groups is 1. The van der Waals surface area contributed by atoms with Gasteiger partial charge in [-0.1, -0.05) is 0 Å². The first-order valence-corrected chi connectivity index (χ1v) is 15.9. The van der Waals surface area contributed by atoms with Crippen LogP contribution in [-0.4, -0.2) is 135 Å². The molecule has 0 aromatic carbocycles. The number of carbonyl (C=O) groups is 1. The van der Waals surface area contributed by atoms with Gasteiger partial charge in [0.2, 0.25) is 0 Å². The SMILES string of the molecule is CN1CCN(C(=O)N2C3CC2CN(c2ccc(-c4cc(OCCN5C6CCC5C(O)C6)cn5ncc(C#N)c45)cn2)C3)CC1. The summed E-state index contributed by atoms with van der Waals surface area (Å²) in [7, 11) is 2.10. The summed E-state index contributed by atoms with van der Waals surface area (Å²) in [5, 5.41) is 24.5. The number of nitrogens with zero attached hydrogens (tertiary/aromatic N) is 9. The molecule has 2 amide bonds. The molecular formula is C32H39N9O3. The number of rotatable bonds is 6. The van der Waals surface area contributed by atoms with Gasteiger partial charge < -0.3 is 29.4 Å². The van der Waals surface area contributed by atoms with Crippen LogP contribution in [0, 0.1) is 11.3 Å². The zero-order chi connectivity index (χ0) is 29.9. The highest BCUT2D eigenvalue weighted by Gasteiger charge is 2.49. The second-order valence-corrected chi connectivity index (χ2v) is 13.1. The molecule has 9 rings (SSSR count). The number of ether oxygens (including phenoxy) is 1. The molecule has 1 N–H and O–H groups in total. The molecule has 6 aliphatic heterocycles. The van der Waals surface area contributed by atoms with Crippen LogP contribution < -0.4 is 9.64 Å².